The molecule has 0 unspecified atom stereocenters. The molecule has 0 spiro atoms. The van der Waals surface area contributed by atoms with Gasteiger partial charge in [0.25, 0.3) is 0 Å². The van der Waals surface area contributed by atoms with Gasteiger partial charge in [0, 0.05) is 4.47 Å². The normalized spacial score (nSPS) is 14.2. The molecule has 102 valence electrons. The van der Waals surface area contributed by atoms with Crippen molar-refractivity contribution >= 4 is 33.5 Å². The van der Waals surface area contributed by atoms with Gasteiger partial charge in [-0.2, -0.15) is 0 Å². The van der Waals surface area contributed by atoms with Crippen LogP contribution in [-0.2, 0) is 4.79 Å². The largest absolute Gasteiger partial charge is 0.478 e. The number of carbonyl (C=O) groups is 2. The average Bonchev–Trinajstić information content (AvgIpc) is 3.15. The van der Waals surface area contributed by atoms with E-state index in [9.17, 15) is 9.59 Å². The smallest absolute Gasteiger partial charge is 0.335 e. The molecule has 1 amide bonds. The van der Waals surface area contributed by atoms with Crippen LogP contribution in [0.4, 0.5) is 5.69 Å². The highest BCUT2D eigenvalue weighted by Crippen LogP contribution is 2.27. The second-order valence-electron chi connectivity index (χ2n) is 4.62. The van der Waals surface area contributed by atoms with E-state index in [2.05, 4.69) is 26.6 Å². The van der Waals surface area contributed by atoms with Crippen LogP contribution in [0.15, 0.2) is 22.7 Å². The van der Waals surface area contributed by atoms with Gasteiger partial charge >= 0.3 is 5.97 Å². The van der Waals surface area contributed by atoms with Crippen LogP contribution in [0.3, 0.4) is 0 Å². The highest BCUT2D eigenvalue weighted by Gasteiger charge is 2.20. The number of carboxylic acids is 1. The minimum absolute atomic E-state index is 0.135. The number of amides is 1. The number of rotatable bonds is 6. The second-order valence-corrected chi connectivity index (χ2v) is 5.48. The van der Waals surface area contributed by atoms with Gasteiger partial charge in [0.05, 0.1) is 17.8 Å². The predicted molar refractivity (Wildman–Crippen MR) is 75.3 cm³/mol. The first-order valence-corrected chi connectivity index (χ1v) is 6.89. The predicted octanol–water partition coefficient (Wildman–Crippen LogP) is 2.09. The molecule has 1 aliphatic rings. The number of benzene rings is 1. The number of halogens is 1. The summed E-state index contributed by atoms with van der Waals surface area (Å²) in [6.45, 7) is 1.15. The minimum atomic E-state index is -0.996. The molecule has 5 nitrogen and oxygen atoms in total. The molecule has 0 radical (unpaired) electrons. The van der Waals surface area contributed by atoms with Gasteiger partial charge in [-0.3, -0.25) is 4.79 Å². The van der Waals surface area contributed by atoms with Gasteiger partial charge in [0.2, 0.25) is 5.91 Å². The zero-order valence-electron chi connectivity index (χ0n) is 10.3. The summed E-state index contributed by atoms with van der Waals surface area (Å²) >= 11 is 3.25. The monoisotopic (exact) mass is 326 g/mol. The minimum Gasteiger partial charge on any atom is -0.478 e. The number of hydrogen-bond donors (Lipinski definition) is 3. The lowest BCUT2D eigenvalue weighted by Crippen LogP contribution is -2.29. The molecule has 0 heterocycles. The first kappa shape index (κ1) is 14.0. The van der Waals surface area contributed by atoms with Gasteiger partial charge < -0.3 is 15.7 Å². The quantitative estimate of drug-likeness (QED) is 0.748. The molecule has 1 saturated carbocycles. The molecule has 2 rings (SSSR count). The SMILES string of the molecule is O=C(CNCC1CC1)Nc1ccc(C(=O)O)cc1Br. The number of carbonyl (C=O) groups excluding carboxylic acids is 1. The van der Waals surface area contributed by atoms with Crippen molar-refractivity contribution in [1.29, 1.82) is 0 Å². The summed E-state index contributed by atoms with van der Waals surface area (Å²) in [5.41, 5.74) is 0.750. The lowest BCUT2D eigenvalue weighted by molar-refractivity contribution is -0.115. The summed E-state index contributed by atoms with van der Waals surface area (Å²) < 4.78 is 0.558. The van der Waals surface area contributed by atoms with Crippen molar-refractivity contribution in [3.63, 3.8) is 0 Å². The molecular weight excluding hydrogens is 312 g/mol. The fourth-order valence-electron chi connectivity index (χ4n) is 1.66. The third-order valence-electron chi connectivity index (χ3n) is 2.91. The maximum absolute atomic E-state index is 11.7. The van der Waals surface area contributed by atoms with Gasteiger partial charge in [-0.25, -0.2) is 4.79 Å². The highest BCUT2D eigenvalue weighted by molar-refractivity contribution is 9.10. The number of anilines is 1. The zero-order valence-corrected chi connectivity index (χ0v) is 11.9. The fraction of sp³-hybridized carbons (Fsp3) is 0.385. The first-order chi connectivity index (χ1) is 9.06. The van der Waals surface area contributed by atoms with Crippen LogP contribution in [-0.4, -0.2) is 30.1 Å². The van der Waals surface area contributed by atoms with Crippen LogP contribution in [0.25, 0.3) is 0 Å². The molecule has 19 heavy (non-hydrogen) atoms. The third kappa shape index (κ3) is 4.33. The molecular formula is C13H15BrN2O3. The van der Waals surface area contributed by atoms with Crippen molar-refractivity contribution in [2.45, 2.75) is 12.8 Å². The van der Waals surface area contributed by atoms with Gasteiger partial charge in [0.1, 0.15) is 0 Å². The molecule has 0 aromatic heterocycles. The van der Waals surface area contributed by atoms with Gasteiger partial charge in [-0.15, -0.1) is 0 Å². The summed E-state index contributed by atoms with van der Waals surface area (Å²) in [5.74, 6) is -0.400. The number of carboxylic acid groups (broad SMARTS) is 1. The van der Waals surface area contributed by atoms with E-state index < -0.39 is 5.97 Å². The van der Waals surface area contributed by atoms with Gasteiger partial charge in [0.15, 0.2) is 0 Å². The van der Waals surface area contributed by atoms with Crippen molar-refractivity contribution < 1.29 is 14.7 Å². The van der Waals surface area contributed by atoms with Crippen molar-refractivity contribution in [3.05, 3.63) is 28.2 Å². The van der Waals surface area contributed by atoms with E-state index in [1.54, 1.807) is 6.07 Å². The van der Waals surface area contributed by atoms with E-state index in [-0.39, 0.29) is 18.0 Å². The standard InChI is InChI=1S/C13H15BrN2O3/c14-10-5-9(13(18)19)3-4-11(10)16-12(17)7-15-6-8-1-2-8/h3-5,8,15H,1-2,6-7H2,(H,16,17)(H,18,19). The first-order valence-electron chi connectivity index (χ1n) is 6.09. The molecule has 0 bridgehead atoms. The Labute approximate surface area is 119 Å². The van der Waals surface area contributed by atoms with E-state index in [1.807, 2.05) is 0 Å². The molecule has 3 N–H and O–H groups in total. The summed E-state index contributed by atoms with van der Waals surface area (Å²) in [5, 5.41) is 14.7. The molecule has 0 aliphatic heterocycles. The third-order valence-corrected chi connectivity index (χ3v) is 3.56. The molecule has 1 aromatic rings. The lowest BCUT2D eigenvalue weighted by atomic mass is 10.2. The lowest BCUT2D eigenvalue weighted by Gasteiger charge is -2.08. The zero-order chi connectivity index (χ0) is 13.8. The van der Waals surface area contributed by atoms with Crippen LogP contribution in [0.5, 0.6) is 0 Å². The van der Waals surface area contributed by atoms with Crippen LogP contribution < -0.4 is 10.6 Å². The summed E-state index contributed by atoms with van der Waals surface area (Å²) in [7, 11) is 0. The second kappa shape index (κ2) is 6.16. The Bertz CT molecular complexity index is 501. The maximum Gasteiger partial charge on any atom is 0.335 e. The summed E-state index contributed by atoms with van der Waals surface area (Å²) in [6.07, 6.45) is 2.49. The van der Waals surface area contributed by atoms with Crippen LogP contribution in [0.1, 0.15) is 23.2 Å². The molecule has 1 fully saturated rings. The van der Waals surface area contributed by atoms with Gasteiger partial charge in [-0.1, -0.05) is 0 Å². The van der Waals surface area contributed by atoms with Crippen molar-refractivity contribution in [2.75, 3.05) is 18.4 Å². The topological polar surface area (TPSA) is 78.4 Å². The van der Waals surface area contributed by atoms with E-state index >= 15 is 0 Å². The van der Waals surface area contributed by atoms with Gasteiger partial charge in [-0.05, 0) is 59.4 Å². The highest BCUT2D eigenvalue weighted by atomic mass is 79.9. The van der Waals surface area contributed by atoms with Crippen molar-refractivity contribution in [2.24, 2.45) is 5.92 Å². The Hall–Kier alpha value is -1.40. The van der Waals surface area contributed by atoms with E-state index in [0.29, 0.717) is 10.2 Å². The van der Waals surface area contributed by atoms with Crippen molar-refractivity contribution in [1.82, 2.24) is 5.32 Å². The Balaban J connectivity index is 1.86. The average molecular weight is 327 g/mol. The molecule has 6 heteroatoms. The number of hydrogen-bond acceptors (Lipinski definition) is 3. The number of aromatic carboxylic acids is 1. The van der Waals surface area contributed by atoms with Crippen LogP contribution >= 0.6 is 15.9 Å². The summed E-state index contributed by atoms with van der Waals surface area (Å²) in [6, 6.07) is 4.50. The Morgan fingerprint density at radius 1 is 1.37 bits per heavy atom. The van der Waals surface area contributed by atoms with Crippen molar-refractivity contribution in [3.8, 4) is 0 Å². The number of nitrogens with one attached hydrogen (secondary N) is 2. The maximum atomic E-state index is 11.7. The Kier molecular flexibility index (Phi) is 4.55. The van der Waals surface area contributed by atoms with E-state index in [1.165, 1.54) is 25.0 Å². The van der Waals surface area contributed by atoms with E-state index in [0.717, 1.165) is 12.5 Å². The molecule has 0 saturated heterocycles. The fourth-order valence-corrected chi connectivity index (χ4v) is 2.13. The molecule has 1 aliphatic carbocycles. The van der Waals surface area contributed by atoms with Crippen LogP contribution in [0.2, 0.25) is 0 Å². The Morgan fingerprint density at radius 2 is 2.11 bits per heavy atom. The molecule has 0 atom stereocenters. The Morgan fingerprint density at radius 3 is 2.68 bits per heavy atom. The summed E-state index contributed by atoms with van der Waals surface area (Å²) in [4.78, 5) is 22.5. The molecule has 1 aromatic carbocycles. The van der Waals surface area contributed by atoms with Crippen LogP contribution in [0, 0.1) is 5.92 Å². The van der Waals surface area contributed by atoms with E-state index in [4.69, 9.17) is 5.11 Å².